The minimum Gasteiger partial charge on any atom is -0.375 e. The van der Waals surface area contributed by atoms with Gasteiger partial charge in [-0.25, -0.2) is 0 Å². The third kappa shape index (κ3) is 2.68. The summed E-state index contributed by atoms with van der Waals surface area (Å²) in [6, 6.07) is 4.02. The lowest BCUT2D eigenvalue weighted by Crippen LogP contribution is -1.94. The molecule has 0 aliphatic carbocycles. The number of aryl methyl sites for hydroxylation is 1. The van der Waals surface area contributed by atoms with E-state index < -0.39 is 0 Å². The zero-order chi connectivity index (χ0) is 8.10. The Balaban J connectivity index is 2.56. The number of rotatable bonds is 3. The summed E-state index contributed by atoms with van der Waals surface area (Å²) in [4.78, 5) is 4.15. The first-order valence-corrected chi connectivity index (χ1v) is 3.82. The highest BCUT2D eigenvalue weighted by Gasteiger charge is 1.92. The molecule has 0 unspecified atom stereocenters. The summed E-state index contributed by atoms with van der Waals surface area (Å²) in [5, 5.41) is 0. The van der Waals surface area contributed by atoms with Crippen LogP contribution in [0.1, 0.15) is 18.2 Å². The van der Waals surface area contributed by atoms with Crippen LogP contribution in [0, 0.1) is 6.92 Å². The molecule has 0 aliphatic heterocycles. The van der Waals surface area contributed by atoms with Crippen molar-refractivity contribution in [2.75, 3.05) is 6.61 Å². The number of hydrogen-bond acceptors (Lipinski definition) is 2. The van der Waals surface area contributed by atoms with Gasteiger partial charge in [0.2, 0.25) is 0 Å². The summed E-state index contributed by atoms with van der Waals surface area (Å²) in [5.74, 6) is 0. The van der Waals surface area contributed by atoms with Crippen LogP contribution in [0.15, 0.2) is 18.3 Å². The van der Waals surface area contributed by atoms with E-state index in [0.717, 1.165) is 12.3 Å². The molecule has 0 atom stereocenters. The highest BCUT2D eigenvalue weighted by Crippen LogP contribution is 2.00. The van der Waals surface area contributed by atoms with Crippen molar-refractivity contribution >= 4 is 0 Å². The molecule has 0 aromatic carbocycles. The summed E-state index contributed by atoms with van der Waals surface area (Å²) < 4.78 is 5.21. The van der Waals surface area contributed by atoms with Gasteiger partial charge in [-0.05, 0) is 31.5 Å². The maximum atomic E-state index is 5.21. The Labute approximate surface area is 67.2 Å². The molecule has 0 radical (unpaired) electrons. The number of aromatic nitrogens is 1. The number of hydrogen-bond donors (Lipinski definition) is 0. The van der Waals surface area contributed by atoms with Gasteiger partial charge < -0.3 is 4.74 Å². The van der Waals surface area contributed by atoms with Gasteiger partial charge in [0.05, 0.1) is 12.3 Å². The standard InChI is InChI=1S/C9H13NO/c1-3-11-7-9-6-8(2)4-5-10-9/h4-6H,3,7H2,1-2H3. The average Bonchev–Trinajstić information content (AvgIpc) is 2.01. The Morgan fingerprint density at radius 1 is 1.55 bits per heavy atom. The molecule has 0 saturated heterocycles. The molecule has 0 saturated carbocycles. The van der Waals surface area contributed by atoms with Gasteiger partial charge in [0, 0.05) is 12.8 Å². The molecular weight excluding hydrogens is 138 g/mol. The van der Waals surface area contributed by atoms with Gasteiger partial charge in [-0.15, -0.1) is 0 Å². The molecular formula is C9H13NO. The van der Waals surface area contributed by atoms with Crippen molar-refractivity contribution < 1.29 is 4.74 Å². The molecule has 0 aliphatic rings. The Hall–Kier alpha value is -0.890. The minimum atomic E-state index is 0.623. The number of pyridine rings is 1. The van der Waals surface area contributed by atoms with Crippen LogP contribution >= 0.6 is 0 Å². The van der Waals surface area contributed by atoms with E-state index in [-0.39, 0.29) is 0 Å². The highest BCUT2D eigenvalue weighted by molar-refractivity contribution is 5.13. The lowest BCUT2D eigenvalue weighted by atomic mass is 10.2. The Morgan fingerprint density at radius 2 is 2.36 bits per heavy atom. The van der Waals surface area contributed by atoms with Gasteiger partial charge in [0.1, 0.15) is 0 Å². The quantitative estimate of drug-likeness (QED) is 0.658. The largest absolute Gasteiger partial charge is 0.375 e. The molecule has 0 fully saturated rings. The van der Waals surface area contributed by atoms with Crippen molar-refractivity contribution in [3.63, 3.8) is 0 Å². The van der Waals surface area contributed by atoms with E-state index in [0.29, 0.717) is 6.61 Å². The van der Waals surface area contributed by atoms with Crippen molar-refractivity contribution in [2.24, 2.45) is 0 Å². The first-order chi connectivity index (χ1) is 5.33. The molecule has 1 heterocycles. The average molecular weight is 151 g/mol. The first kappa shape index (κ1) is 8.21. The van der Waals surface area contributed by atoms with Crippen LogP contribution in [-0.2, 0) is 11.3 Å². The Morgan fingerprint density at radius 3 is 3.00 bits per heavy atom. The van der Waals surface area contributed by atoms with Crippen LogP contribution in [0.3, 0.4) is 0 Å². The zero-order valence-electron chi connectivity index (χ0n) is 7.00. The van der Waals surface area contributed by atoms with Crippen LogP contribution < -0.4 is 0 Å². The third-order valence-electron chi connectivity index (χ3n) is 1.43. The molecule has 0 spiro atoms. The third-order valence-corrected chi connectivity index (χ3v) is 1.43. The second-order valence-electron chi connectivity index (χ2n) is 2.46. The van der Waals surface area contributed by atoms with E-state index in [2.05, 4.69) is 11.9 Å². The fraction of sp³-hybridized carbons (Fsp3) is 0.444. The molecule has 2 heteroatoms. The summed E-state index contributed by atoms with van der Waals surface area (Å²) in [6.07, 6.45) is 1.81. The molecule has 0 N–H and O–H groups in total. The lowest BCUT2D eigenvalue weighted by molar-refractivity contribution is 0.131. The number of nitrogens with zero attached hydrogens (tertiary/aromatic N) is 1. The topological polar surface area (TPSA) is 22.1 Å². The molecule has 0 bridgehead atoms. The number of ether oxygens (including phenoxy) is 1. The van der Waals surface area contributed by atoms with Crippen molar-refractivity contribution in [3.05, 3.63) is 29.6 Å². The van der Waals surface area contributed by atoms with E-state index in [9.17, 15) is 0 Å². The summed E-state index contributed by atoms with van der Waals surface area (Å²) in [7, 11) is 0. The molecule has 2 nitrogen and oxygen atoms in total. The van der Waals surface area contributed by atoms with Crippen molar-refractivity contribution in [3.8, 4) is 0 Å². The summed E-state index contributed by atoms with van der Waals surface area (Å²) >= 11 is 0. The molecule has 1 aromatic rings. The van der Waals surface area contributed by atoms with E-state index >= 15 is 0 Å². The summed E-state index contributed by atoms with van der Waals surface area (Å²) in [6.45, 7) is 5.40. The van der Waals surface area contributed by atoms with E-state index in [1.54, 1.807) is 0 Å². The maximum absolute atomic E-state index is 5.21. The van der Waals surface area contributed by atoms with Gasteiger partial charge in [0.15, 0.2) is 0 Å². The van der Waals surface area contributed by atoms with Crippen LogP contribution in [0.5, 0.6) is 0 Å². The Kier molecular flexibility index (Phi) is 3.05. The summed E-state index contributed by atoms with van der Waals surface area (Å²) in [5.41, 5.74) is 2.24. The minimum absolute atomic E-state index is 0.623. The van der Waals surface area contributed by atoms with Crippen LogP contribution in [0.4, 0.5) is 0 Å². The zero-order valence-corrected chi connectivity index (χ0v) is 7.00. The SMILES string of the molecule is CCOCc1cc(C)ccn1. The smallest absolute Gasteiger partial charge is 0.0887 e. The molecule has 11 heavy (non-hydrogen) atoms. The van der Waals surface area contributed by atoms with Crippen molar-refractivity contribution in [1.29, 1.82) is 0 Å². The van der Waals surface area contributed by atoms with Gasteiger partial charge >= 0.3 is 0 Å². The fourth-order valence-electron chi connectivity index (χ4n) is 0.884. The normalized spacial score (nSPS) is 10.0. The lowest BCUT2D eigenvalue weighted by Gasteiger charge is -2.00. The Bertz CT molecular complexity index is 223. The molecule has 60 valence electrons. The predicted molar refractivity (Wildman–Crippen MR) is 44.3 cm³/mol. The van der Waals surface area contributed by atoms with E-state index in [4.69, 9.17) is 4.74 Å². The fourth-order valence-corrected chi connectivity index (χ4v) is 0.884. The van der Waals surface area contributed by atoms with Crippen LogP contribution in [0.25, 0.3) is 0 Å². The molecule has 1 aromatic heterocycles. The predicted octanol–water partition coefficient (Wildman–Crippen LogP) is 1.93. The second-order valence-corrected chi connectivity index (χ2v) is 2.46. The van der Waals surface area contributed by atoms with E-state index in [1.165, 1.54) is 5.56 Å². The van der Waals surface area contributed by atoms with Gasteiger partial charge in [-0.2, -0.15) is 0 Å². The van der Waals surface area contributed by atoms with Gasteiger partial charge in [-0.1, -0.05) is 0 Å². The van der Waals surface area contributed by atoms with Crippen LogP contribution in [0.2, 0.25) is 0 Å². The van der Waals surface area contributed by atoms with Crippen LogP contribution in [-0.4, -0.2) is 11.6 Å². The maximum Gasteiger partial charge on any atom is 0.0887 e. The molecule has 1 rings (SSSR count). The van der Waals surface area contributed by atoms with E-state index in [1.807, 2.05) is 25.3 Å². The monoisotopic (exact) mass is 151 g/mol. The highest BCUT2D eigenvalue weighted by atomic mass is 16.5. The van der Waals surface area contributed by atoms with Gasteiger partial charge in [-0.3, -0.25) is 4.98 Å². The van der Waals surface area contributed by atoms with Crippen molar-refractivity contribution in [2.45, 2.75) is 20.5 Å². The van der Waals surface area contributed by atoms with Gasteiger partial charge in [0.25, 0.3) is 0 Å². The van der Waals surface area contributed by atoms with Crippen molar-refractivity contribution in [1.82, 2.24) is 4.98 Å². The second kappa shape index (κ2) is 4.09. The molecule has 0 amide bonds. The first-order valence-electron chi connectivity index (χ1n) is 3.82.